The largest absolute Gasteiger partial charge is 0.497 e. The van der Waals surface area contributed by atoms with E-state index in [0.717, 1.165) is 24.0 Å². The van der Waals surface area contributed by atoms with Crippen LogP contribution in [0.25, 0.3) is 0 Å². The number of nitrogens with zero attached hydrogens (tertiary/aromatic N) is 1. The molecular weight excluding hydrogens is 288 g/mol. The number of hydrogen-bond donors (Lipinski definition) is 1. The first-order valence-electron chi connectivity index (χ1n) is 7.25. The van der Waals surface area contributed by atoms with E-state index in [4.69, 9.17) is 10.5 Å². The van der Waals surface area contributed by atoms with Gasteiger partial charge < -0.3 is 10.5 Å². The highest BCUT2D eigenvalue weighted by Crippen LogP contribution is 2.30. The van der Waals surface area contributed by atoms with E-state index in [1.54, 1.807) is 23.5 Å². The van der Waals surface area contributed by atoms with E-state index in [0.29, 0.717) is 30.3 Å². The third-order valence-corrected chi connectivity index (χ3v) is 6.25. The third-order valence-electron chi connectivity index (χ3n) is 4.08. The maximum atomic E-state index is 12.9. The molecule has 0 bridgehead atoms. The van der Waals surface area contributed by atoms with Crippen LogP contribution in [0.1, 0.15) is 24.0 Å². The van der Waals surface area contributed by atoms with Crippen molar-refractivity contribution in [2.75, 3.05) is 26.7 Å². The topological polar surface area (TPSA) is 72.6 Å². The van der Waals surface area contributed by atoms with E-state index in [2.05, 4.69) is 0 Å². The first-order chi connectivity index (χ1) is 9.90. The summed E-state index contributed by atoms with van der Waals surface area (Å²) >= 11 is 0. The molecule has 6 heteroatoms. The lowest BCUT2D eigenvalue weighted by atomic mass is 10.0. The van der Waals surface area contributed by atoms with E-state index < -0.39 is 10.0 Å². The highest BCUT2D eigenvalue weighted by atomic mass is 32.2. The molecule has 0 aromatic heterocycles. The quantitative estimate of drug-likeness (QED) is 0.918. The number of benzene rings is 1. The van der Waals surface area contributed by atoms with Gasteiger partial charge in [0.1, 0.15) is 5.75 Å². The van der Waals surface area contributed by atoms with Crippen molar-refractivity contribution in [2.24, 2.45) is 11.7 Å². The van der Waals surface area contributed by atoms with Gasteiger partial charge in [-0.25, -0.2) is 8.42 Å². The summed E-state index contributed by atoms with van der Waals surface area (Å²) in [6.45, 7) is 5.25. The SMILES string of the molecule is COc1cc(C)c(S(=O)(=O)N2CCCC(CN)C2)c(C)c1. The molecule has 1 aromatic rings. The van der Waals surface area contributed by atoms with Crippen LogP contribution >= 0.6 is 0 Å². The third kappa shape index (κ3) is 3.22. The van der Waals surface area contributed by atoms with E-state index in [1.165, 1.54) is 0 Å². The summed E-state index contributed by atoms with van der Waals surface area (Å²) in [6, 6.07) is 3.54. The van der Waals surface area contributed by atoms with E-state index in [1.807, 2.05) is 13.8 Å². The van der Waals surface area contributed by atoms with Gasteiger partial charge >= 0.3 is 0 Å². The maximum absolute atomic E-state index is 12.9. The Balaban J connectivity index is 2.40. The molecule has 0 aliphatic carbocycles. The number of sulfonamides is 1. The first-order valence-corrected chi connectivity index (χ1v) is 8.69. The molecule has 0 saturated carbocycles. The molecule has 1 heterocycles. The second-order valence-corrected chi connectivity index (χ2v) is 7.57. The van der Waals surface area contributed by atoms with Gasteiger partial charge in [-0.3, -0.25) is 0 Å². The highest BCUT2D eigenvalue weighted by Gasteiger charge is 2.32. The molecule has 0 amide bonds. The van der Waals surface area contributed by atoms with Gasteiger partial charge in [-0.15, -0.1) is 0 Å². The van der Waals surface area contributed by atoms with Crippen molar-refractivity contribution in [1.82, 2.24) is 4.31 Å². The number of piperidine rings is 1. The Morgan fingerprint density at radius 3 is 2.48 bits per heavy atom. The summed E-state index contributed by atoms with van der Waals surface area (Å²) in [6.07, 6.45) is 1.87. The predicted octanol–water partition coefficient (Wildman–Crippen LogP) is 1.67. The number of methoxy groups -OCH3 is 1. The second kappa shape index (κ2) is 6.34. The van der Waals surface area contributed by atoms with Gasteiger partial charge in [-0.1, -0.05) is 0 Å². The summed E-state index contributed by atoms with van der Waals surface area (Å²) in [5.74, 6) is 0.940. The molecule has 1 saturated heterocycles. The molecule has 1 aliphatic rings. The average Bonchev–Trinajstić information content (AvgIpc) is 2.46. The molecule has 1 aliphatic heterocycles. The number of aryl methyl sites for hydroxylation is 2. The van der Waals surface area contributed by atoms with Crippen LogP contribution in [-0.2, 0) is 10.0 Å². The van der Waals surface area contributed by atoms with Gasteiger partial charge in [0, 0.05) is 13.1 Å². The molecule has 1 unspecified atom stereocenters. The van der Waals surface area contributed by atoms with Crippen molar-refractivity contribution in [3.05, 3.63) is 23.3 Å². The van der Waals surface area contributed by atoms with E-state index in [9.17, 15) is 8.42 Å². The predicted molar refractivity (Wildman–Crippen MR) is 83.0 cm³/mol. The lowest BCUT2D eigenvalue weighted by molar-refractivity contribution is 0.271. The van der Waals surface area contributed by atoms with Gasteiger partial charge in [-0.05, 0) is 62.4 Å². The number of rotatable bonds is 4. The Labute approximate surface area is 127 Å². The number of ether oxygens (including phenoxy) is 1. The molecular formula is C15H24N2O3S. The summed E-state index contributed by atoms with van der Waals surface area (Å²) in [5.41, 5.74) is 7.15. The lowest BCUT2D eigenvalue weighted by Gasteiger charge is -2.32. The van der Waals surface area contributed by atoms with Crippen LogP contribution in [-0.4, -0.2) is 39.5 Å². The minimum Gasteiger partial charge on any atom is -0.497 e. The van der Waals surface area contributed by atoms with Gasteiger partial charge in [0.2, 0.25) is 10.0 Å². The van der Waals surface area contributed by atoms with Gasteiger partial charge in [0.25, 0.3) is 0 Å². The average molecular weight is 312 g/mol. The van der Waals surface area contributed by atoms with Crippen LogP contribution in [0.5, 0.6) is 5.75 Å². The van der Waals surface area contributed by atoms with Crippen molar-refractivity contribution in [1.29, 1.82) is 0 Å². The molecule has 0 spiro atoms. The van der Waals surface area contributed by atoms with Crippen molar-refractivity contribution >= 4 is 10.0 Å². The summed E-state index contributed by atoms with van der Waals surface area (Å²) in [5, 5.41) is 0. The maximum Gasteiger partial charge on any atom is 0.243 e. The molecule has 1 aromatic carbocycles. The van der Waals surface area contributed by atoms with Crippen LogP contribution in [0.15, 0.2) is 17.0 Å². The fourth-order valence-corrected chi connectivity index (χ4v) is 4.97. The van der Waals surface area contributed by atoms with Crippen LogP contribution in [0.3, 0.4) is 0 Å². The monoisotopic (exact) mass is 312 g/mol. The Hall–Kier alpha value is -1.11. The van der Waals surface area contributed by atoms with Crippen molar-refractivity contribution in [2.45, 2.75) is 31.6 Å². The number of hydrogen-bond acceptors (Lipinski definition) is 4. The van der Waals surface area contributed by atoms with Crippen molar-refractivity contribution < 1.29 is 13.2 Å². The Kier molecular flexibility index (Phi) is 4.91. The zero-order valence-corrected chi connectivity index (χ0v) is 13.7. The highest BCUT2D eigenvalue weighted by molar-refractivity contribution is 7.89. The van der Waals surface area contributed by atoms with Crippen molar-refractivity contribution in [3.63, 3.8) is 0 Å². The zero-order chi connectivity index (χ0) is 15.6. The normalized spacial score (nSPS) is 20.5. The fraction of sp³-hybridized carbons (Fsp3) is 0.600. The minimum absolute atomic E-state index is 0.257. The van der Waals surface area contributed by atoms with Crippen molar-refractivity contribution in [3.8, 4) is 5.75 Å². The van der Waals surface area contributed by atoms with E-state index in [-0.39, 0.29) is 5.92 Å². The molecule has 2 N–H and O–H groups in total. The lowest BCUT2D eigenvalue weighted by Crippen LogP contribution is -2.42. The first kappa shape index (κ1) is 16.3. The standard InChI is InChI=1S/C15H24N2O3S/c1-11-7-14(20-3)8-12(2)15(11)21(18,19)17-6-4-5-13(9-16)10-17/h7-8,13H,4-6,9-10,16H2,1-3H3. The molecule has 5 nitrogen and oxygen atoms in total. The molecule has 1 atom stereocenters. The van der Waals surface area contributed by atoms with Crippen LogP contribution in [0.2, 0.25) is 0 Å². The summed E-state index contributed by atoms with van der Waals surface area (Å²) in [4.78, 5) is 0.404. The summed E-state index contributed by atoms with van der Waals surface area (Å²) < 4.78 is 32.6. The van der Waals surface area contributed by atoms with Gasteiger partial charge in [0.05, 0.1) is 12.0 Å². The van der Waals surface area contributed by atoms with Crippen LogP contribution in [0, 0.1) is 19.8 Å². The molecule has 1 fully saturated rings. The van der Waals surface area contributed by atoms with Gasteiger partial charge in [0.15, 0.2) is 0 Å². The molecule has 118 valence electrons. The zero-order valence-electron chi connectivity index (χ0n) is 12.9. The Morgan fingerprint density at radius 1 is 1.33 bits per heavy atom. The van der Waals surface area contributed by atoms with Crippen LogP contribution in [0.4, 0.5) is 0 Å². The van der Waals surface area contributed by atoms with Crippen LogP contribution < -0.4 is 10.5 Å². The molecule has 21 heavy (non-hydrogen) atoms. The Bertz CT molecular complexity index is 590. The van der Waals surface area contributed by atoms with E-state index >= 15 is 0 Å². The van der Waals surface area contributed by atoms with Gasteiger partial charge in [-0.2, -0.15) is 4.31 Å². The number of nitrogens with two attached hydrogens (primary N) is 1. The summed E-state index contributed by atoms with van der Waals surface area (Å²) in [7, 11) is -1.89. The second-order valence-electron chi connectivity index (χ2n) is 5.70. The smallest absolute Gasteiger partial charge is 0.243 e. The molecule has 0 radical (unpaired) electrons. The minimum atomic E-state index is -3.47. The molecule has 2 rings (SSSR count). The Morgan fingerprint density at radius 2 is 1.95 bits per heavy atom. The fourth-order valence-electron chi connectivity index (χ4n) is 3.00.